The minimum absolute atomic E-state index is 0.182. The molecule has 8 heteroatoms. The van der Waals surface area contributed by atoms with Crippen molar-refractivity contribution in [3.05, 3.63) is 63.2 Å². The summed E-state index contributed by atoms with van der Waals surface area (Å²) in [5.41, 5.74) is 1.27. The lowest BCUT2D eigenvalue weighted by Gasteiger charge is -2.25. The largest absolute Gasteiger partial charge is 0.375 e. The molecule has 1 aliphatic carbocycles. The average molecular weight is 428 g/mol. The molecule has 2 aromatic rings. The summed E-state index contributed by atoms with van der Waals surface area (Å²) in [5.74, 6) is -0.721. The highest BCUT2D eigenvalue weighted by atomic mass is 35.5. The fourth-order valence-electron chi connectivity index (χ4n) is 4.45. The maximum Gasteiger partial charge on any atom is 0.294 e. The molecular weight excluding hydrogens is 406 g/mol. The molecule has 2 aliphatic rings. The van der Waals surface area contributed by atoms with Gasteiger partial charge in [-0.15, -0.1) is 0 Å². The van der Waals surface area contributed by atoms with E-state index in [-0.39, 0.29) is 35.0 Å². The molecule has 1 aliphatic heterocycles. The molecule has 1 N–H and O–H groups in total. The zero-order chi connectivity index (χ0) is 21.4. The number of nitro benzene ring substituents is 1. The lowest BCUT2D eigenvalue weighted by atomic mass is 9.76. The van der Waals surface area contributed by atoms with Gasteiger partial charge in [0.2, 0.25) is 11.8 Å². The van der Waals surface area contributed by atoms with Gasteiger partial charge in [0, 0.05) is 17.6 Å². The van der Waals surface area contributed by atoms with E-state index in [0.29, 0.717) is 36.0 Å². The molecule has 0 aromatic heterocycles. The van der Waals surface area contributed by atoms with Gasteiger partial charge in [0.05, 0.1) is 22.4 Å². The minimum atomic E-state index is -0.510. The first kappa shape index (κ1) is 20.3. The van der Waals surface area contributed by atoms with Crippen LogP contribution in [0, 0.1) is 27.9 Å². The summed E-state index contributed by atoms with van der Waals surface area (Å²) in [6.45, 7) is 2.44. The molecule has 0 spiro atoms. The van der Waals surface area contributed by atoms with Crippen molar-refractivity contribution < 1.29 is 14.5 Å². The third-order valence-corrected chi connectivity index (χ3v) is 6.23. The van der Waals surface area contributed by atoms with E-state index in [0.717, 1.165) is 16.9 Å². The van der Waals surface area contributed by atoms with E-state index >= 15 is 0 Å². The highest BCUT2D eigenvalue weighted by Gasteiger charge is 2.50. The molecular formula is C22H22ClN3O4. The van der Waals surface area contributed by atoms with Crippen LogP contribution in [0.15, 0.2) is 42.5 Å². The highest BCUT2D eigenvalue weighted by Crippen LogP contribution is 2.43. The molecule has 4 rings (SSSR count). The Kier molecular flexibility index (Phi) is 5.47. The van der Waals surface area contributed by atoms with Crippen LogP contribution in [0.25, 0.3) is 0 Å². The number of carbonyl (C=O) groups excluding carboxylic acids is 2. The first-order valence-electron chi connectivity index (χ1n) is 9.99. The van der Waals surface area contributed by atoms with E-state index in [2.05, 4.69) is 12.2 Å². The molecule has 2 fully saturated rings. The van der Waals surface area contributed by atoms with Crippen LogP contribution >= 0.6 is 11.6 Å². The average Bonchev–Trinajstić information content (AvgIpc) is 2.96. The molecule has 1 saturated carbocycles. The first-order valence-corrected chi connectivity index (χ1v) is 10.4. The maximum atomic E-state index is 12.9. The zero-order valence-corrected chi connectivity index (χ0v) is 17.3. The second kappa shape index (κ2) is 8.07. The molecule has 2 aromatic carbocycles. The molecule has 0 bridgehead atoms. The number of amides is 2. The fraction of sp³-hybridized carbons (Fsp3) is 0.364. The highest BCUT2D eigenvalue weighted by molar-refractivity contribution is 6.30. The van der Waals surface area contributed by atoms with Crippen LogP contribution in [-0.4, -0.2) is 16.7 Å². The number of rotatable bonds is 5. The van der Waals surface area contributed by atoms with Crippen molar-refractivity contribution in [2.24, 2.45) is 17.8 Å². The Morgan fingerprint density at radius 1 is 1.13 bits per heavy atom. The van der Waals surface area contributed by atoms with Crippen molar-refractivity contribution in [1.29, 1.82) is 0 Å². The summed E-state index contributed by atoms with van der Waals surface area (Å²) >= 11 is 5.98. The number of carbonyl (C=O) groups is 2. The Morgan fingerprint density at radius 3 is 2.63 bits per heavy atom. The molecule has 1 heterocycles. The van der Waals surface area contributed by atoms with Gasteiger partial charge in [0.1, 0.15) is 5.69 Å². The molecule has 1 saturated heterocycles. The first-order chi connectivity index (χ1) is 14.3. The van der Waals surface area contributed by atoms with Gasteiger partial charge in [-0.2, -0.15) is 0 Å². The van der Waals surface area contributed by atoms with Gasteiger partial charge in [-0.25, -0.2) is 4.90 Å². The van der Waals surface area contributed by atoms with Gasteiger partial charge < -0.3 is 5.32 Å². The zero-order valence-electron chi connectivity index (χ0n) is 16.5. The quantitative estimate of drug-likeness (QED) is 0.421. The van der Waals surface area contributed by atoms with Gasteiger partial charge in [0.25, 0.3) is 5.69 Å². The minimum Gasteiger partial charge on any atom is -0.375 e. The van der Waals surface area contributed by atoms with Crippen LogP contribution in [-0.2, 0) is 16.1 Å². The number of halogens is 1. The third kappa shape index (κ3) is 3.77. The second-order valence-corrected chi connectivity index (χ2v) is 8.52. The van der Waals surface area contributed by atoms with Gasteiger partial charge >= 0.3 is 0 Å². The lowest BCUT2D eigenvalue weighted by Crippen LogP contribution is -2.30. The fourth-order valence-corrected chi connectivity index (χ4v) is 4.66. The summed E-state index contributed by atoms with van der Waals surface area (Å²) in [6, 6.07) is 11.6. The third-order valence-electron chi connectivity index (χ3n) is 6.00. The molecule has 7 nitrogen and oxygen atoms in total. The Morgan fingerprint density at radius 2 is 1.90 bits per heavy atom. The summed E-state index contributed by atoms with van der Waals surface area (Å²) in [6.07, 6.45) is 2.29. The number of imide groups is 1. The number of hydrogen-bond acceptors (Lipinski definition) is 5. The van der Waals surface area contributed by atoms with Crippen molar-refractivity contribution in [2.45, 2.75) is 32.7 Å². The topological polar surface area (TPSA) is 92.6 Å². The maximum absolute atomic E-state index is 12.9. The number of nitro groups is 1. The smallest absolute Gasteiger partial charge is 0.294 e. The Bertz CT molecular complexity index is 1030. The predicted octanol–water partition coefficient (Wildman–Crippen LogP) is 4.79. The number of fused-ring (bicyclic) bond motifs is 1. The summed E-state index contributed by atoms with van der Waals surface area (Å²) in [5, 5.41) is 15.3. The summed E-state index contributed by atoms with van der Waals surface area (Å²) in [4.78, 5) is 38.1. The van der Waals surface area contributed by atoms with Crippen molar-refractivity contribution in [2.75, 3.05) is 10.2 Å². The number of nitrogens with one attached hydrogen (secondary N) is 1. The van der Waals surface area contributed by atoms with Crippen LogP contribution < -0.4 is 10.2 Å². The van der Waals surface area contributed by atoms with E-state index < -0.39 is 4.92 Å². The Hall–Kier alpha value is -2.93. The van der Waals surface area contributed by atoms with Crippen LogP contribution in [0.5, 0.6) is 0 Å². The van der Waals surface area contributed by atoms with E-state index in [9.17, 15) is 19.7 Å². The Balaban J connectivity index is 1.59. The van der Waals surface area contributed by atoms with Gasteiger partial charge in [0.15, 0.2) is 0 Å². The van der Waals surface area contributed by atoms with Crippen molar-refractivity contribution in [3.8, 4) is 0 Å². The predicted molar refractivity (Wildman–Crippen MR) is 114 cm³/mol. The van der Waals surface area contributed by atoms with Gasteiger partial charge in [-0.3, -0.25) is 19.7 Å². The number of nitrogens with zero attached hydrogens (tertiary/aromatic N) is 2. The molecule has 156 valence electrons. The van der Waals surface area contributed by atoms with Crippen LogP contribution in [0.4, 0.5) is 17.1 Å². The van der Waals surface area contributed by atoms with E-state index in [1.54, 1.807) is 24.3 Å². The van der Waals surface area contributed by atoms with Gasteiger partial charge in [-0.05, 0) is 55.0 Å². The van der Waals surface area contributed by atoms with Crippen LogP contribution in [0.2, 0.25) is 5.02 Å². The number of hydrogen-bond donors (Lipinski definition) is 1. The van der Waals surface area contributed by atoms with E-state index in [1.807, 2.05) is 12.1 Å². The monoisotopic (exact) mass is 427 g/mol. The number of benzene rings is 2. The van der Waals surface area contributed by atoms with Crippen molar-refractivity contribution >= 4 is 40.5 Å². The second-order valence-electron chi connectivity index (χ2n) is 8.09. The molecule has 3 atom stereocenters. The lowest BCUT2D eigenvalue weighted by molar-refractivity contribution is -0.383. The van der Waals surface area contributed by atoms with Crippen molar-refractivity contribution in [1.82, 2.24) is 0 Å². The number of anilines is 2. The van der Waals surface area contributed by atoms with Crippen LogP contribution in [0.3, 0.4) is 0 Å². The molecule has 2 amide bonds. The molecule has 30 heavy (non-hydrogen) atoms. The normalized spacial score (nSPS) is 23.4. The Labute approximate surface area is 179 Å². The van der Waals surface area contributed by atoms with Crippen molar-refractivity contribution in [3.63, 3.8) is 0 Å². The van der Waals surface area contributed by atoms with Crippen LogP contribution in [0.1, 0.15) is 31.7 Å². The van der Waals surface area contributed by atoms with E-state index in [1.165, 1.54) is 6.07 Å². The molecule has 0 unspecified atom stereocenters. The summed E-state index contributed by atoms with van der Waals surface area (Å²) < 4.78 is 0. The SMILES string of the molecule is C[C@@H]1CC[C@@H]2C(=O)N(c3ccc(NCc4cccc(Cl)c4)c([N+](=O)[O-])c3)C(=O)[C@H]2C1. The summed E-state index contributed by atoms with van der Waals surface area (Å²) in [7, 11) is 0. The van der Waals surface area contributed by atoms with E-state index in [4.69, 9.17) is 11.6 Å². The standard InChI is InChI=1S/C22H22ClN3O4/c1-13-5-7-17-18(9-13)22(28)25(21(17)27)16-6-8-19(20(11-16)26(29)30)24-12-14-3-2-4-15(23)10-14/h2-4,6,8,10-11,13,17-18,24H,5,7,9,12H2,1H3/t13-,17+,18+/m1/s1. The molecule has 0 radical (unpaired) electrons. The van der Waals surface area contributed by atoms with Gasteiger partial charge in [-0.1, -0.05) is 30.7 Å².